The fourth-order valence-corrected chi connectivity index (χ4v) is 2.09. The molecule has 112 valence electrons. The fourth-order valence-electron chi connectivity index (χ4n) is 2.09. The Balaban J connectivity index is 1.80. The third-order valence-corrected chi connectivity index (χ3v) is 3.25. The number of rotatable bonds is 4. The maximum atomic E-state index is 11.5. The number of esters is 1. The van der Waals surface area contributed by atoms with Gasteiger partial charge in [-0.1, -0.05) is 18.2 Å². The summed E-state index contributed by atoms with van der Waals surface area (Å²) in [6.07, 6.45) is 1.67. The monoisotopic (exact) mass is 297 g/mol. The number of aryl methyl sites for hydroxylation is 1. The number of nitrogens with zero attached hydrogens (tertiary/aromatic N) is 3. The van der Waals surface area contributed by atoms with Crippen LogP contribution >= 0.6 is 0 Å². The first kappa shape index (κ1) is 14.1. The van der Waals surface area contributed by atoms with E-state index in [-0.39, 0.29) is 6.61 Å². The summed E-state index contributed by atoms with van der Waals surface area (Å²) in [6, 6.07) is 11.0. The van der Waals surface area contributed by atoms with Gasteiger partial charge in [0.1, 0.15) is 12.4 Å². The number of hydrogen-bond donors (Lipinski definition) is 0. The highest BCUT2D eigenvalue weighted by molar-refractivity contribution is 5.90. The van der Waals surface area contributed by atoms with Gasteiger partial charge in [0, 0.05) is 6.20 Å². The second-order valence-corrected chi connectivity index (χ2v) is 4.79. The quantitative estimate of drug-likeness (QED) is 0.692. The lowest BCUT2D eigenvalue weighted by Gasteiger charge is -2.05. The number of ether oxygens (including phenoxy) is 2. The van der Waals surface area contributed by atoms with Gasteiger partial charge in [0.05, 0.1) is 12.7 Å². The summed E-state index contributed by atoms with van der Waals surface area (Å²) in [4.78, 5) is 15.9. The molecule has 0 atom stereocenters. The molecule has 6 nitrogen and oxygen atoms in total. The molecule has 1 aromatic carbocycles. The smallest absolute Gasteiger partial charge is 0.338 e. The molecule has 0 bridgehead atoms. The standard InChI is InChI=1S/C16H15N3O3/c1-11-5-3-4-6-13(11)22-10-14-17-15-9-12(16(20)21-2)7-8-19(15)18-14/h3-9H,10H2,1-2H3. The van der Waals surface area contributed by atoms with Crippen molar-refractivity contribution in [1.82, 2.24) is 14.6 Å². The molecule has 0 aliphatic heterocycles. The zero-order chi connectivity index (χ0) is 15.5. The van der Waals surface area contributed by atoms with Crippen LogP contribution in [0.2, 0.25) is 0 Å². The van der Waals surface area contributed by atoms with Gasteiger partial charge in [-0.2, -0.15) is 0 Å². The molecular formula is C16H15N3O3. The minimum atomic E-state index is -0.400. The molecule has 3 aromatic rings. The number of carbonyl (C=O) groups excluding carboxylic acids is 1. The van der Waals surface area contributed by atoms with E-state index in [1.165, 1.54) is 7.11 Å². The van der Waals surface area contributed by atoms with Crippen LogP contribution in [0.25, 0.3) is 5.65 Å². The lowest BCUT2D eigenvalue weighted by molar-refractivity contribution is 0.0600. The Bertz CT molecular complexity index is 826. The van der Waals surface area contributed by atoms with Crippen molar-refractivity contribution in [3.8, 4) is 5.75 Å². The molecule has 0 saturated carbocycles. The van der Waals surface area contributed by atoms with E-state index in [4.69, 9.17) is 4.74 Å². The van der Waals surface area contributed by atoms with E-state index in [0.717, 1.165) is 11.3 Å². The summed E-state index contributed by atoms with van der Waals surface area (Å²) in [6.45, 7) is 2.25. The molecule has 6 heteroatoms. The average molecular weight is 297 g/mol. The van der Waals surface area contributed by atoms with Crippen LogP contribution in [0.4, 0.5) is 0 Å². The van der Waals surface area contributed by atoms with Gasteiger partial charge in [0.15, 0.2) is 11.5 Å². The molecule has 0 radical (unpaired) electrons. The van der Waals surface area contributed by atoms with E-state index in [2.05, 4.69) is 14.8 Å². The highest BCUT2D eigenvalue weighted by atomic mass is 16.5. The average Bonchev–Trinajstić information content (AvgIpc) is 2.95. The van der Waals surface area contributed by atoms with Gasteiger partial charge >= 0.3 is 5.97 Å². The summed E-state index contributed by atoms with van der Waals surface area (Å²) in [5.74, 6) is 0.949. The van der Waals surface area contributed by atoms with Crippen molar-refractivity contribution in [3.05, 3.63) is 59.5 Å². The highest BCUT2D eigenvalue weighted by Gasteiger charge is 2.10. The van der Waals surface area contributed by atoms with Gasteiger partial charge in [-0.25, -0.2) is 14.3 Å². The number of hydrogen-bond acceptors (Lipinski definition) is 5. The van der Waals surface area contributed by atoms with Crippen LogP contribution in [0.3, 0.4) is 0 Å². The molecule has 0 aliphatic rings. The van der Waals surface area contributed by atoms with E-state index >= 15 is 0 Å². The van der Waals surface area contributed by atoms with Crippen LogP contribution < -0.4 is 4.74 Å². The SMILES string of the molecule is COC(=O)c1ccn2nc(COc3ccccc3C)nc2c1. The van der Waals surface area contributed by atoms with Crippen molar-refractivity contribution in [3.63, 3.8) is 0 Å². The van der Waals surface area contributed by atoms with Crippen molar-refractivity contribution < 1.29 is 14.3 Å². The molecule has 22 heavy (non-hydrogen) atoms. The van der Waals surface area contributed by atoms with Crippen LogP contribution in [0.15, 0.2) is 42.6 Å². The van der Waals surface area contributed by atoms with Gasteiger partial charge in [-0.05, 0) is 30.7 Å². The summed E-state index contributed by atoms with van der Waals surface area (Å²) in [5, 5.41) is 4.31. The minimum absolute atomic E-state index is 0.264. The number of para-hydroxylation sites is 1. The molecule has 3 rings (SSSR count). The second kappa shape index (κ2) is 5.85. The molecule has 0 saturated heterocycles. The van der Waals surface area contributed by atoms with Gasteiger partial charge in [-0.15, -0.1) is 5.10 Å². The van der Waals surface area contributed by atoms with Crippen molar-refractivity contribution in [2.45, 2.75) is 13.5 Å². The van der Waals surface area contributed by atoms with Crippen molar-refractivity contribution in [2.75, 3.05) is 7.11 Å². The molecule has 2 heterocycles. The van der Waals surface area contributed by atoms with Gasteiger partial charge in [0.2, 0.25) is 0 Å². The Hall–Kier alpha value is -2.89. The molecule has 0 spiro atoms. The molecule has 0 aliphatic carbocycles. The Kier molecular flexibility index (Phi) is 3.74. The lowest BCUT2D eigenvalue weighted by atomic mass is 10.2. The van der Waals surface area contributed by atoms with E-state index in [0.29, 0.717) is 17.0 Å². The summed E-state index contributed by atoms with van der Waals surface area (Å²) in [5.41, 5.74) is 2.07. The van der Waals surface area contributed by atoms with Crippen molar-refractivity contribution in [2.24, 2.45) is 0 Å². The first-order chi connectivity index (χ1) is 10.7. The lowest BCUT2D eigenvalue weighted by Crippen LogP contribution is -2.02. The number of aromatic nitrogens is 3. The number of fused-ring (bicyclic) bond motifs is 1. The zero-order valence-electron chi connectivity index (χ0n) is 12.3. The first-order valence-corrected chi connectivity index (χ1v) is 6.79. The maximum Gasteiger partial charge on any atom is 0.338 e. The molecule has 2 aromatic heterocycles. The fraction of sp³-hybridized carbons (Fsp3) is 0.188. The maximum absolute atomic E-state index is 11.5. The predicted molar refractivity (Wildman–Crippen MR) is 79.8 cm³/mol. The van der Waals surface area contributed by atoms with Crippen molar-refractivity contribution >= 4 is 11.6 Å². The molecule has 0 fully saturated rings. The Morgan fingerprint density at radius 3 is 2.86 bits per heavy atom. The summed E-state index contributed by atoms with van der Waals surface area (Å²) in [7, 11) is 1.35. The normalized spacial score (nSPS) is 10.6. The molecule has 0 N–H and O–H groups in total. The van der Waals surface area contributed by atoms with Gasteiger partial charge < -0.3 is 9.47 Å². The number of carbonyl (C=O) groups is 1. The Labute approximate surface area is 127 Å². The molecule has 0 amide bonds. The first-order valence-electron chi connectivity index (χ1n) is 6.79. The third-order valence-electron chi connectivity index (χ3n) is 3.25. The van der Waals surface area contributed by atoms with E-state index in [1.54, 1.807) is 22.8 Å². The number of benzene rings is 1. The van der Waals surface area contributed by atoms with E-state index in [9.17, 15) is 4.79 Å². The summed E-state index contributed by atoms with van der Waals surface area (Å²) >= 11 is 0. The van der Waals surface area contributed by atoms with Crippen LogP contribution in [-0.4, -0.2) is 27.7 Å². The van der Waals surface area contributed by atoms with Gasteiger partial charge in [-0.3, -0.25) is 0 Å². The predicted octanol–water partition coefficient (Wildman–Crippen LogP) is 2.40. The Morgan fingerprint density at radius 2 is 2.09 bits per heavy atom. The van der Waals surface area contributed by atoms with Gasteiger partial charge in [0.25, 0.3) is 0 Å². The highest BCUT2D eigenvalue weighted by Crippen LogP contribution is 2.17. The Morgan fingerprint density at radius 1 is 1.27 bits per heavy atom. The van der Waals surface area contributed by atoms with Crippen LogP contribution in [0.5, 0.6) is 5.75 Å². The van der Waals surface area contributed by atoms with Crippen LogP contribution in [0, 0.1) is 6.92 Å². The summed E-state index contributed by atoms with van der Waals surface area (Å²) < 4.78 is 12.0. The van der Waals surface area contributed by atoms with Crippen molar-refractivity contribution in [1.29, 1.82) is 0 Å². The number of methoxy groups -OCH3 is 1. The molecule has 0 unspecified atom stereocenters. The number of pyridine rings is 1. The van der Waals surface area contributed by atoms with E-state index < -0.39 is 5.97 Å². The second-order valence-electron chi connectivity index (χ2n) is 4.79. The topological polar surface area (TPSA) is 65.7 Å². The third kappa shape index (κ3) is 2.76. The van der Waals surface area contributed by atoms with Crippen LogP contribution in [0.1, 0.15) is 21.7 Å². The van der Waals surface area contributed by atoms with E-state index in [1.807, 2.05) is 31.2 Å². The largest absolute Gasteiger partial charge is 0.485 e. The minimum Gasteiger partial charge on any atom is -0.485 e. The zero-order valence-corrected chi connectivity index (χ0v) is 12.3. The van der Waals surface area contributed by atoms with Crippen LogP contribution in [-0.2, 0) is 11.3 Å². The molecular weight excluding hydrogens is 282 g/mol.